The summed E-state index contributed by atoms with van der Waals surface area (Å²) >= 11 is 0. The summed E-state index contributed by atoms with van der Waals surface area (Å²) in [6, 6.07) is 0. The molecule has 0 heterocycles. The summed E-state index contributed by atoms with van der Waals surface area (Å²) in [5, 5.41) is 3.35. The van der Waals surface area contributed by atoms with Gasteiger partial charge in [0.1, 0.15) is 0 Å². The minimum Gasteiger partial charge on any atom is -0.319 e. The van der Waals surface area contributed by atoms with Crippen molar-refractivity contribution in [1.82, 2.24) is 5.32 Å². The van der Waals surface area contributed by atoms with Gasteiger partial charge in [0.25, 0.3) is 0 Å². The molecule has 2 aliphatic rings. The Morgan fingerprint density at radius 1 is 1.38 bits per heavy atom. The molecule has 0 aromatic heterocycles. The van der Waals surface area contributed by atoms with E-state index >= 15 is 0 Å². The molecule has 0 radical (unpaired) electrons. The number of rotatable bonds is 2. The molecule has 1 N–H and O–H groups in total. The summed E-state index contributed by atoms with van der Waals surface area (Å²) < 4.78 is 0. The summed E-state index contributed by atoms with van der Waals surface area (Å²) in [5.41, 5.74) is 1.33. The third-order valence-corrected chi connectivity index (χ3v) is 4.94. The van der Waals surface area contributed by atoms with Gasteiger partial charge in [-0.15, -0.1) is 0 Å². The minimum atomic E-state index is 0.612. The lowest BCUT2D eigenvalue weighted by molar-refractivity contribution is 0.377. The molecule has 76 valence electrons. The van der Waals surface area contributed by atoms with Crippen LogP contribution in [0.3, 0.4) is 0 Å². The fourth-order valence-corrected chi connectivity index (χ4v) is 3.95. The first kappa shape index (κ1) is 9.51. The third kappa shape index (κ3) is 1.09. The zero-order valence-electron chi connectivity index (χ0n) is 9.48. The molecular formula is C12H23N. The summed E-state index contributed by atoms with van der Waals surface area (Å²) in [6.07, 6.45) is 4.42. The zero-order chi connectivity index (χ0) is 9.69. The van der Waals surface area contributed by atoms with Crippen LogP contribution in [0.1, 0.15) is 40.0 Å². The molecular weight excluding hydrogens is 158 g/mol. The number of hydrogen-bond donors (Lipinski definition) is 1. The van der Waals surface area contributed by atoms with Crippen molar-refractivity contribution in [2.75, 3.05) is 13.6 Å². The Labute approximate surface area is 82.3 Å². The van der Waals surface area contributed by atoms with E-state index in [0.29, 0.717) is 5.41 Å². The molecule has 3 atom stereocenters. The van der Waals surface area contributed by atoms with Gasteiger partial charge in [-0.25, -0.2) is 0 Å². The highest BCUT2D eigenvalue weighted by Crippen LogP contribution is 2.76. The molecule has 0 aromatic carbocycles. The Hall–Kier alpha value is -0.0400. The van der Waals surface area contributed by atoms with E-state index in [2.05, 4.69) is 33.1 Å². The standard InChI is InChI=1S/C12H23N/c1-9-5-6-12(7-9)10(8-13-4)11(12,2)3/h9-10,13H,5-8H2,1-4H3. The second-order valence-electron chi connectivity index (χ2n) is 5.84. The molecule has 0 bridgehead atoms. The van der Waals surface area contributed by atoms with Crippen molar-refractivity contribution >= 4 is 0 Å². The summed E-state index contributed by atoms with van der Waals surface area (Å²) in [7, 11) is 2.08. The summed E-state index contributed by atoms with van der Waals surface area (Å²) in [5.74, 6) is 1.91. The fourth-order valence-electron chi connectivity index (χ4n) is 3.95. The molecule has 3 unspecified atom stereocenters. The van der Waals surface area contributed by atoms with Gasteiger partial charge >= 0.3 is 0 Å². The van der Waals surface area contributed by atoms with E-state index in [1.54, 1.807) is 0 Å². The average molecular weight is 181 g/mol. The van der Waals surface area contributed by atoms with Crippen LogP contribution in [0.25, 0.3) is 0 Å². The van der Waals surface area contributed by atoms with Crippen molar-refractivity contribution in [3.8, 4) is 0 Å². The Morgan fingerprint density at radius 3 is 2.54 bits per heavy atom. The van der Waals surface area contributed by atoms with Gasteiger partial charge in [0.05, 0.1) is 0 Å². The molecule has 13 heavy (non-hydrogen) atoms. The maximum absolute atomic E-state index is 3.35. The van der Waals surface area contributed by atoms with Crippen molar-refractivity contribution in [2.45, 2.75) is 40.0 Å². The molecule has 2 saturated carbocycles. The van der Waals surface area contributed by atoms with E-state index in [4.69, 9.17) is 0 Å². The molecule has 0 amide bonds. The Bertz CT molecular complexity index is 209. The molecule has 0 aliphatic heterocycles. The van der Waals surface area contributed by atoms with Crippen LogP contribution in [0.4, 0.5) is 0 Å². The van der Waals surface area contributed by atoms with E-state index in [0.717, 1.165) is 17.3 Å². The van der Waals surface area contributed by atoms with E-state index in [1.165, 1.54) is 25.8 Å². The Balaban J connectivity index is 2.09. The molecule has 0 saturated heterocycles. The van der Waals surface area contributed by atoms with E-state index < -0.39 is 0 Å². The predicted octanol–water partition coefficient (Wildman–Crippen LogP) is 2.67. The van der Waals surface area contributed by atoms with Crippen LogP contribution in [0.5, 0.6) is 0 Å². The van der Waals surface area contributed by atoms with Crippen LogP contribution < -0.4 is 5.32 Å². The number of nitrogens with one attached hydrogen (secondary N) is 1. The molecule has 2 aliphatic carbocycles. The van der Waals surface area contributed by atoms with Crippen LogP contribution in [0.2, 0.25) is 0 Å². The highest BCUT2D eigenvalue weighted by molar-refractivity contribution is 5.19. The lowest BCUT2D eigenvalue weighted by atomic mass is 9.93. The smallest absolute Gasteiger partial charge is 0.00127 e. The van der Waals surface area contributed by atoms with Crippen molar-refractivity contribution in [2.24, 2.45) is 22.7 Å². The van der Waals surface area contributed by atoms with Crippen molar-refractivity contribution < 1.29 is 0 Å². The highest BCUT2D eigenvalue weighted by atomic mass is 14.9. The Morgan fingerprint density at radius 2 is 2.08 bits per heavy atom. The Kier molecular flexibility index (Phi) is 1.99. The fraction of sp³-hybridized carbons (Fsp3) is 1.00. The SMILES string of the molecule is CNCC1C(C)(C)C12CCC(C)C2. The summed E-state index contributed by atoms with van der Waals surface area (Å²) in [4.78, 5) is 0. The van der Waals surface area contributed by atoms with Gasteiger partial charge in [-0.05, 0) is 49.1 Å². The molecule has 2 rings (SSSR count). The van der Waals surface area contributed by atoms with Crippen LogP contribution in [-0.4, -0.2) is 13.6 Å². The third-order valence-electron chi connectivity index (χ3n) is 4.94. The second-order valence-corrected chi connectivity index (χ2v) is 5.84. The topological polar surface area (TPSA) is 12.0 Å². The van der Waals surface area contributed by atoms with Gasteiger partial charge in [0.2, 0.25) is 0 Å². The molecule has 1 heteroatoms. The van der Waals surface area contributed by atoms with Gasteiger partial charge in [-0.2, -0.15) is 0 Å². The summed E-state index contributed by atoms with van der Waals surface area (Å²) in [6.45, 7) is 8.57. The van der Waals surface area contributed by atoms with Crippen LogP contribution in [0, 0.1) is 22.7 Å². The van der Waals surface area contributed by atoms with Gasteiger partial charge in [-0.3, -0.25) is 0 Å². The van der Waals surface area contributed by atoms with E-state index in [1.807, 2.05) is 0 Å². The first-order chi connectivity index (χ1) is 6.04. The lowest BCUT2D eigenvalue weighted by Gasteiger charge is -2.12. The molecule has 1 spiro atoms. The first-order valence-electron chi connectivity index (χ1n) is 5.69. The van der Waals surface area contributed by atoms with E-state index in [-0.39, 0.29) is 0 Å². The van der Waals surface area contributed by atoms with Gasteiger partial charge in [-0.1, -0.05) is 27.2 Å². The zero-order valence-corrected chi connectivity index (χ0v) is 9.48. The minimum absolute atomic E-state index is 0.612. The molecule has 1 nitrogen and oxygen atoms in total. The molecule has 2 fully saturated rings. The van der Waals surface area contributed by atoms with Crippen molar-refractivity contribution in [1.29, 1.82) is 0 Å². The average Bonchev–Trinajstić information content (AvgIpc) is 2.46. The monoisotopic (exact) mass is 181 g/mol. The molecule has 0 aromatic rings. The van der Waals surface area contributed by atoms with Crippen LogP contribution >= 0.6 is 0 Å². The predicted molar refractivity (Wildman–Crippen MR) is 56.6 cm³/mol. The second kappa shape index (κ2) is 2.73. The van der Waals surface area contributed by atoms with Crippen molar-refractivity contribution in [3.05, 3.63) is 0 Å². The maximum Gasteiger partial charge on any atom is -0.00127 e. The maximum atomic E-state index is 3.35. The highest BCUT2D eigenvalue weighted by Gasteiger charge is 2.70. The lowest BCUT2D eigenvalue weighted by Crippen LogP contribution is -2.13. The largest absolute Gasteiger partial charge is 0.319 e. The van der Waals surface area contributed by atoms with Crippen molar-refractivity contribution in [3.63, 3.8) is 0 Å². The quantitative estimate of drug-likeness (QED) is 0.690. The number of hydrogen-bond acceptors (Lipinski definition) is 1. The van der Waals surface area contributed by atoms with Gasteiger partial charge < -0.3 is 5.32 Å². The van der Waals surface area contributed by atoms with E-state index in [9.17, 15) is 0 Å². The van der Waals surface area contributed by atoms with Crippen LogP contribution in [0.15, 0.2) is 0 Å². The van der Waals surface area contributed by atoms with Gasteiger partial charge in [0.15, 0.2) is 0 Å². The normalized spacial score (nSPS) is 47.1. The van der Waals surface area contributed by atoms with Gasteiger partial charge in [0, 0.05) is 0 Å². The van der Waals surface area contributed by atoms with Crippen LogP contribution in [-0.2, 0) is 0 Å². The first-order valence-corrected chi connectivity index (χ1v) is 5.69.